The van der Waals surface area contributed by atoms with Crippen LogP contribution >= 0.6 is 23.5 Å². The lowest BCUT2D eigenvalue weighted by molar-refractivity contribution is 0.0984. The molecule has 0 saturated heterocycles. The number of allylic oxidation sites excluding steroid dienone is 1. The summed E-state index contributed by atoms with van der Waals surface area (Å²) in [6.45, 7) is 8.00. The molecular formula is C17H23ClN2OS. The van der Waals surface area contributed by atoms with Crippen LogP contribution in [-0.2, 0) is 0 Å². The standard InChI is InChI=1S/C15H17ClN2OS.C2H6/c1-3-20-18-15(19)11-7-8-13(16)12(9-11)14-6-4-5-10(2)17-14;1-2/h6-9H,3-5H2,1-2H3,(H,18,19);1-2H3. The number of hydrogen-bond acceptors (Lipinski definition) is 3. The van der Waals surface area contributed by atoms with Crippen molar-refractivity contribution in [1.82, 2.24) is 4.72 Å². The molecule has 22 heavy (non-hydrogen) atoms. The van der Waals surface area contributed by atoms with Crippen LogP contribution in [0.15, 0.2) is 29.3 Å². The van der Waals surface area contributed by atoms with Crippen LogP contribution in [0.5, 0.6) is 0 Å². The second-order valence-electron chi connectivity index (χ2n) is 4.53. The monoisotopic (exact) mass is 338 g/mol. The molecule has 1 N–H and O–H groups in total. The number of rotatable bonds is 4. The van der Waals surface area contributed by atoms with Crippen molar-refractivity contribution in [3.63, 3.8) is 0 Å². The molecule has 0 spiro atoms. The van der Waals surface area contributed by atoms with E-state index in [-0.39, 0.29) is 5.91 Å². The van der Waals surface area contributed by atoms with Gasteiger partial charge < -0.3 is 0 Å². The molecule has 1 heterocycles. The molecule has 0 aliphatic carbocycles. The molecule has 0 radical (unpaired) electrons. The Labute approximate surface area is 142 Å². The van der Waals surface area contributed by atoms with Crippen LogP contribution in [0.3, 0.4) is 0 Å². The van der Waals surface area contributed by atoms with Crippen molar-refractivity contribution in [3.8, 4) is 0 Å². The molecule has 0 fully saturated rings. The van der Waals surface area contributed by atoms with E-state index in [0.717, 1.165) is 35.6 Å². The predicted octanol–water partition coefficient (Wildman–Crippen LogP) is 5.36. The number of carbonyl (C=O) groups is 1. The lowest BCUT2D eigenvalue weighted by Crippen LogP contribution is -2.16. The van der Waals surface area contributed by atoms with Gasteiger partial charge in [-0.3, -0.25) is 14.5 Å². The van der Waals surface area contributed by atoms with E-state index in [1.54, 1.807) is 12.1 Å². The molecule has 0 saturated carbocycles. The average molecular weight is 339 g/mol. The quantitative estimate of drug-likeness (QED) is 0.751. The minimum absolute atomic E-state index is 0.105. The van der Waals surface area contributed by atoms with Crippen LogP contribution in [0.4, 0.5) is 0 Å². The Balaban J connectivity index is 0.00000116. The molecule has 1 aromatic carbocycles. The smallest absolute Gasteiger partial charge is 0.261 e. The van der Waals surface area contributed by atoms with E-state index >= 15 is 0 Å². The number of nitrogens with one attached hydrogen (secondary N) is 1. The first kappa shape index (κ1) is 18.8. The number of hydrogen-bond donors (Lipinski definition) is 1. The van der Waals surface area contributed by atoms with Crippen LogP contribution < -0.4 is 4.72 Å². The topological polar surface area (TPSA) is 41.5 Å². The Morgan fingerprint density at radius 2 is 2.14 bits per heavy atom. The van der Waals surface area contributed by atoms with E-state index < -0.39 is 0 Å². The molecule has 120 valence electrons. The van der Waals surface area contributed by atoms with Gasteiger partial charge in [0.2, 0.25) is 0 Å². The molecule has 1 aliphatic heterocycles. The maximum Gasteiger partial charge on any atom is 0.261 e. The third-order valence-electron chi connectivity index (χ3n) is 2.97. The van der Waals surface area contributed by atoms with Crippen molar-refractivity contribution in [1.29, 1.82) is 0 Å². The average Bonchev–Trinajstić information content (AvgIpc) is 2.55. The van der Waals surface area contributed by atoms with Gasteiger partial charge >= 0.3 is 0 Å². The van der Waals surface area contributed by atoms with Crippen molar-refractivity contribution in [3.05, 3.63) is 40.4 Å². The molecule has 0 atom stereocenters. The van der Waals surface area contributed by atoms with Crippen LogP contribution in [0.2, 0.25) is 5.02 Å². The van der Waals surface area contributed by atoms with Gasteiger partial charge in [-0.2, -0.15) is 0 Å². The summed E-state index contributed by atoms with van der Waals surface area (Å²) in [7, 11) is 0. The van der Waals surface area contributed by atoms with Crippen LogP contribution in [0, 0.1) is 0 Å². The molecule has 2 rings (SSSR count). The second-order valence-corrected chi connectivity index (χ2v) is 6.01. The summed E-state index contributed by atoms with van der Waals surface area (Å²) in [5.74, 6) is 0.729. The summed E-state index contributed by atoms with van der Waals surface area (Å²) in [5.41, 5.74) is 3.37. The second kappa shape index (κ2) is 9.70. The normalized spacial score (nSPS) is 13.5. The highest BCUT2D eigenvalue weighted by molar-refractivity contribution is 7.97. The molecule has 3 nitrogen and oxygen atoms in total. The van der Waals surface area contributed by atoms with Crippen molar-refractivity contribution in [2.24, 2.45) is 4.99 Å². The summed E-state index contributed by atoms with van der Waals surface area (Å²) in [5, 5.41) is 0.620. The third kappa shape index (κ3) is 5.18. The fourth-order valence-electron chi connectivity index (χ4n) is 1.95. The van der Waals surface area contributed by atoms with Gasteiger partial charge in [-0.05, 0) is 38.0 Å². The number of amides is 1. The number of halogens is 1. The van der Waals surface area contributed by atoms with Crippen molar-refractivity contribution < 1.29 is 4.79 Å². The number of benzene rings is 1. The van der Waals surface area contributed by atoms with E-state index in [9.17, 15) is 4.79 Å². The van der Waals surface area contributed by atoms with Gasteiger partial charge in [-0.15, -0.1) is 0 Å². The van der Waals surface area contributed by atoms with Gasteiger partial charge in [0, 0.05) is 27.6 Å². The van der Waals surface area contributed by atoms with Crippen molar-refractivity contribution >= 4 is 40.9 Å². The zero-order chi connectivity index (χ0) is 16.5. The summed E-state index contributed by atoms with van der Waals surface area (Å²) >= 11 is 7.62. The fourth-order valence-corrected chi connectivity index (χ4v) is 2.56. The maximum absolute atomic E-state index is 12.0. The predicted molar refractivity (Wildman–Crippen MR) is 98.7 cm³/mol. The van der Waals surface area contributed by atoms with E-state index in [4.69, 9.17) is 11.6 Å². The summed E-state index contributed by atoms with van der Waals surface area (Å²) in [6.07, 6.45) is 4.01. The highest BCUT2D eigenvalue weighted by atomic mass is 35.5. The maximum atomic E-state index is 12.0. The Morgan fingerprint density at radius 3 is 2.77 bits per heavy atom. The molecule has 1 amide bonds. The van der Waals surface area contributed by atoms with E-state index in [1.807, 2.05) is 33.8 Å². The van der Waals surface area contributed by atoms with Crippen LogP contribution in [-0.4, -0.2) is 17.4 Å². The first-order valence-corrected chi connectivity index (χ1v) is 8.94. The first-order valence-electron chi connectivity index (χ1n) is 7.58. The minimum atomic E-state index is -0.105. The third-order valence-corrected chi connectivity index (χ3v) is 3.92. The van der Waals surface area contributed by atoms with E-state index in [1.165, 1.54) is 11.9 Å². The van der Waals surface area contributed by atoms with Crippen molar-refractivity contribution in [2.45, 2.75) is 40.5 Å². The van der Waals surface area contributed by atoms with Crippen LogP contribution in [0.25, 0.3) is 5.70 Å². The summed E-state index contributed by atoms with van der Waals surface area (Å²) in [4.78, 5) is 16.5. The minimum Gasteiger partial charge on any atom is -0.296 e. The lowest BCUT2D eigenvalue weighted by atomic mass is 10.0. The number of aliphatic imine (C=N–C) groups is 1. The first-order chi connectivity index (χ1) is 10.6. The molecular weight excluding hydrogens is 316 g/mol. The van der Waals surface area contributed by atoms with Gasteiger partial charge in [0.15, 0.2) is 0 Å². The SMILES string of the molecule is CC.CCSNC(=O)c1ccc(Cl)c(C2=CCCC(C)=N2)c1. The van der Waals surface area contributed by atoms with Gasteiger partial charge in [-0.25, -0.2) is 0 Å². The fraction of sp³-hybridized carbons (Fsp3) is 0.412. The summed E-state index contributed by atoms with van der Waals surface area (Å²) in [6, 6.07) is 5.29. The van der Waals surface area contributed by atoms with Gasteiger partial charge in [0.05, 0.1) is 5.70 Å². The lowest BCUT2D eigenvalue weighted by Gasteiger charge is -2.13. The van der Waals surface area contributed by atoms with E-state index in [0.29, 0.717) is 10.6 Å². The number of carbonyl (C=O) groups excluding carboxylic acids is 1. The molecule has 0 aromatic heterocycles. The van der Waals surface area contributed by atoms with E-state index in [2.05, 4.69) is 15.8 Å². The van der Waals surface area contributed by atoms with Crippen molar-refractivity contribution in [2.75, 3.05) is 5.75 Å². The van der Waals surface area contributed by atoms with Gasteiger partial charge in [-0.1, -0.05) is 50.4 Å². The zero-order valence-corrected chi connectivity index (χ0v) is 15.1. The molecule has 0 unspecified atom stereocenters. The van der Waals surface area contributed by atoms with Gasteiger partial charge in [0.25, 0.3) is 5.91 Å². The highest BCUT2D eigenvalue weighted by Crippen LogP contribution is 2.29. The molecule has 1 aromatic rings. The Hall–Kier alpha value is -1.26. The largest absolute Gasteiger partial charge is 0.296 e. The molecule has 5 heteroatoms. The van der Waals surface area contributed by atoms with Gasteiger partial charge in [0.1, 0.15) is 0 Å². The molecule has 0 bridgehead atoms. The Bertz CT molecular complexity index is 582. The molecule has 1 aliphatic rings. The Kier molecular flexibility index (Phi) is 8.28. The van der Waals surface area contributed by atoms with Crippen LogP contribution in [0.1, 0.15) is 56.5 Å². The highest BCUT2D eigenvalue weighted by Gasteiger charge is 2.13. The number of nitrogens with zero attached hydrogens (tertiary/aromatic N) is 1. The Morgan fingerprint density at radius 1 is 1.41 bits per heavy atom. The zero-order valence-electron chi connectivity index (χ0n) is 13.6. The summed E-state index contributed by atoms with van der Waals surface area (Å²) < 4.78 is 2.79.